The minimum atomic E-state index is 0.449. The zero-order chi connectivity index (χ0) is 7.84. The standard InChI is InChI=1S/C7H13N3S/c1-2-5-6-4(3-11-5)9-7(8)10-6/h4-6H,2-3H2,1H3,(H3,8,9,10)/t4-,5?,6-/m0/s1. The normalized spacial score (nSPS) is 41.5. The zero-order valence-corrected chi connectivity index (χ0v) is 7.40. The maximum atomic E-state index is 5.57. The number of nitrogens with zero attached hydrogens (tertiary/aromatic N) is 1. The highest BCUT2D eigenvalue weighted by Crippen LogP contribution is 2.33. The molecule has 0 radical (unpaired) electrons. The summed E-state index contributed by atoms with van der Waals surface area (Å²) in [5.41, 5.74) is 5.57. The second kappa shape index (κ2) is 2.59. The lowest BCUT2D eigenvalue weighted by Gasteiger charge is -2.11. The fourth-order valence-corrected chi connectivity index (χ4v) is 3.15. The van der Waals surface area contributed by atoms with Gasteiger partial charge in [0.15, 0.2) is 5.96 Å². The molecule has 11 heavy (non-hydrogen) atoms. The van der Waals surface area contributed by atoms with Gasteiger partial charge in [0.25, 0.3) is 0 Å². The molecule has 2 rings (SSSR count). The van der Waals surface area contributed by atoms with Crippen molar-refractivity contribution in [3.63, 3.8) is 0 Å². The van der Waals surface area contributed by atoms with Gasteiger partial charge in [0.05, 0.1) is 12.1 Å². The van der Waals surface area contributed by atoms with Crippen LogP contribution >= 0.6 is 11.8 Å². The highest BCUT2D eigenvalue weighted by molar-refractivity contribution is 8.00. The first kappa shape index (κ1) is 7.28. The Morgan fingerprint density at radius 1 is 1.82 bits per heavy atom. The molecule has 0 spiro atoms. The van der Waals surface area contributed by atoms with Gasteiger partial charge in [0, 0.05) is 11.0 Å². The lowest BCUT2D eigenvalue weighted by Crippen LogP contribution is -2.38. The molecule has 4 heteroatoms. The minimum Gasteiger partial charge on any atom is -0.370 e. The Hall–Kier alpha value is -0.380. The fourth-order valence-electron chi connectivity index (χ4n) is 1.73. The van der Waals surface area contributed by atoms with Crippen molar-refractivity contribution in [3.8, 4) is 0 Å². The van der Waals surface area contributed by atoms with Gasteiger partial charge in [-0.1, -0.05) is 6.92 Å². The van der Waals surface area contributed by atoms with Gasteiger partial charge in [0.2, 0.25) is 0 Å². The predicted molar refractivity (Wildman–Crippen MR) is 48.9 cm³/mol. The summed E-state index contributed by atoms with van der Waals surface area (Å²) in [5.74, 6) is 1.80. The van der Waals surface area contributed by atoms with Gasteiger partial charge in [-0.2, -0.15) is 11.8 Å². The molecular weight excluding hydrogens is 158 g/mol. The third-order valence-electron chi connectivity index (χ3n) is 2.31. The van der Waals surface area contributed by atoms with Crippen LogP contribution in [0, 0.1) is 0 Å². The number of aliphatic imine (C=N–C) groups is 1. The molecule has 1 saturated heterocycles. The van der Waals surface area contributed by atoms with E-state index in [1.807, 2.05) is 11.8 Å². The third-order valence-corrected chi connectivity index (χ3v) is 3.90. The van der Waals surface area contributed by atoms with Gasteiger partial charge in [-0.3, -0.25) is 0 Å². The number of guanidine groups is 1. The molecule has 1 fully saturated rings. The van der Waals surface area contributed by atoms with E-state index < -0.39 is 0 Å². The molecule has 0 bridgehead atoms. The lowest BCUT2D eigenvalue weighted by atomic mass is 10.1. The first-order valence-corrected chi connectivity index (χ1v) is 5.07. The predicted octanol–water partition coefficient (Wildman–Crippen LogP) is 0.167. The number of hydrogen-bond donors (Lipinski definition) is 2. The molecule has 3 atom stereocenters. The van der Waals surface area contributed by atoms with E-state index in [0.717, 1.165) is 5.75 Å². The van der Waals surface area contributed by atoms with Gasteiger partial charge in [-0.05, 0) is 6.42 Å². The number of rotatable bonds is 1. The quantitative estimate of drug-likeness (QED) is 0.591. The van der Waals surface area contributed by atoms with Crippen LogP contribution in [-0.2, 0) is 0 Å². The Labute approximate surface area is 70.8 Å². The highest BCUT2D eigenvalue weighted by Gasteiger charge is 2.39. The second-order valence-electron chi connectivity index (χ2n) is 3.04. The van der Waals surface area contributed by atoms with E-state index in [0.29, 0.717) is 23.3 Å². The summed E-state index contributed by atoms with van der Waals surface area (Å²) in [6.45, 7) is 2.21. The number of hydrogen-bond acceptors (Lipinski definition) is 4. The van der Waals surface area contributed by atoms with Crippen LogP contribution in [0.4, 0.5) is 0 Å². The first-order chi connectivity index (χ1) is 5.31. The smallest absolute Gasteiger partial charge is 0.189 e. The van der Waals surface area contributed by atoms with Gasteiger partial charge >= 0.3 is 0 Å². The SMILES string of the molecule is CCC1SC[C@@H]2NC(N)=N[C@H]12. The number of fused-ring (bicyclic) bond motifs is 1. The molecule has 3 nitrogen and oxygen atoms in total. The summed E-state index contributed by atoms with van der Waals surface area (Å²) in [6.07, 6.45) is 1.20. The van der Waals surface area contributed by atoms with Crippen LogP contribution in [0.5, 0.6) is 0 Å². The molecule has 62 valence electrons. The second-order valence-corrected chi connectivity index (χ2v) is 4.31. The first-order valence-electron chi connectivity index (χ1n) is 4.02. The van der Waals surface area contributed by atoms with Crippen molar-refractivity contribution in [2.45, 2.75) is 30.7 Å². The summed E-state index contributed by atoms with van der Waals surface area (Å²) in [4.78, 5) is 4.37. The zero-order valence-electron chi connectivity index (χ0n) is 6.58. The summed E-state index contributed by atoms with van der Waals surface area (Å²) in [6, 6.07) is 0.968. The molecule has 2 heterocycles. The maximum Gasteiger partial charge on any atom is 0.189 e. The molecule has 2 aliphatic heterocycles. The molecule has 0 aliphatic carbocycles. The van der Waals surface area contributed by atoms with Gasteiger partial charge in [-0.25, -0.2) is 4.99 Å². The highest BCUT2D eigenvalue weighted by atomic mass is 32.2. The molecule has 0 amide bonds. The summed E-state index contributed by atoms with van der Waals surface area (Å²) >= 11 is 2.01. The Morgan fingerprint density at radius 3 is 3.36 bits per heavy atom. The van der Waals surface area contributed by atoms with Crippen LogP contribution in [0.2, 0.25) is 0 Å². The van der Waals surface area contributed by atoms with Gasteiger partial charge in [0.1, 0.15) is 0 Å². The molecule has 1 unspecified atom stereocenters. The summed E-state index contributed by atoms with van der Waals surface area (Å²) in [7, 11) is 0. The number of thioether (sulfide) groups is 1. The molecule has 0 aromatic heterocycles. The van der Waals surface area contributed by atoms with E-state index in [1.165, 1.54) is 6.42 Å². The number of nitrogens with two attached hydrogens (primary N) is 1. The summed E-state index contributed by atoms with van der Waals surface area (Å²) in [5, 5.41) is 3.88. The van der Waals surface area contributed by atoms with Crippen LogP contribution < -0.4 is 11.1 Å². The van der Waals surface area contributed by atoms with Crippen LogP contribution in [0.1, 0.15) is 13.3 Å². The van der Waals surface area contributed by atoms with Gasteiger partial charge < -0.3 is 11.1 Å². The topological polar surface area (TPSA) is 50.4 Å². The van der Waals surface area contributed by atoms with E-state index in [4.69, 9.17) is 5.73 Å². The van der Waals surface area contributed by atoms with Crippen molar-refractivity contribution >= 4 is 17.7 Å². The molecular formula is C7H13N3S. The molecule has 0 aromatic carbocycles. The Balaban J connectivity index is 2.11. The van der Waals surface area contributed by atoms with Crippen LogP contribution in [0.3, 0.4) is 0 Å². The monoisotopic (exact) mass is 171 g/mol. The third kappa shape index (κ3) is 1.09. The van der Waals surface area contributed by atoms with E-state index in [-0.39, 0.29) is 0 Å². The van der Waals surface area contributed by atoms with Crippen molar-refractivity contribution in [1.82, 2.24) is 5.32 Å². The lowest BCUT2D eigenvalue weighted by molar-refractivity contribution is 0.566. The van der Waals surface area contributed by atoms with E-state index in [1.54, 1.807) is 0 Å². The van der Waals surface area contributed by atoms with Gasteiger partial charge in [-0.15, -0.1) is 0 Å². The van der Waals surface area contributed by atoms with Crippen molar-refractivity contribution in [1.29, 1.82) is 0 Å². The van der Waals surface area contributed by atoms with Crippen LogP contribution in [0.15, 0.2) is 4.99 Å². The van der Waals surface area contributed by atoms with E-state index in [9.17, 15) is 0 Å². The summed E-state index contributed by atoms with van der Waals surface area (Å²) < 4.78 is 0. The maximum absolute atomic E-state index is 5.57. The number of nitrogens with one attached hydrogen (secondary N) is 1. The average Bonchev–Trinajstić information content (AvgIpc) is 2.45. The van der Waals surface area contributed by atoms with E-state index in [2.05, 4.69) is 17.2 Å². The Kier molecular flexibility index (Phi) is 1.71. The van der Waals surface area contributed by atoms with Crippen molar-refractivity contribution in [3.05, 3.63) is 0 Å². The van der Waals surface area contributed by atoms with Crippen LogP contribution in [-0.4, -0.2) is 29.0 Å². The molecule has 0 aromatic rings. The Bertz CT molecular complexity index is 192. The van der Waals surface area contributed by atoms with E-state index >= 15 is 0 Å². The van der Waals surface area contributed by atoms with Crippen molar-refractivity contribution in [2.75, 3.05) is 5.75 Å². The molecule has 2 aliphatic rings. The minimum absolute atomic E-state index is 0.449. The van der Waals surface area contributed by atoms with Crippen LogP contribution in [0.25, 0.3) is 0 Å². The Morgan fingerprint density at radius 2 is 2.64 bits per heavy atom. The molecule has 3 N–H and O–H groups in total. The van der Waals surface area contributed by atoms with Crippen molar-refractivity contribution < 1.29 is 0 Å². The fraction of sp³-hybridized carbons (Fsp3) is 0.857. The largest absolute Gasteiger partial charge is 0.370 e. The average molecular weight is 171 g/mol. The molecule has 0 saturated carbocycles. The van der Waals surface area contributed by atoms with Crippen molar-refractivity contribution in [2.24, 2.45) is 10.7 Å².